The highest BCUT2D eigenvalue weighted by Crippen LogP contribution is 2.45. The highest BCUT2D eigenvalue weighted by Gasteiger charge is 2.39. The Labute approximate surface area is 181 Å². The number of amides is 1. The predicted molar refractivity (Wildman–Crippen MR) is 121 cm³/mol. The van der Waals surface area contributed by atoms with Gasteiger partial charge in [-0.3, -0.25) is 9.69 Å². The number of ether oxygens (including phenoxy) is 1. The number of hydrogen-bond donors (Lipinski definition) is 1. The van der Waals surface area contributed by atoms with Crippen molar-refractivity contribution in [1.29, 1.82) is 0 Å². The summed E-state index contributed by atoms with van der Waals surface area (Å²) < 4.78 is 6.52. The molecule has 1 amide bonds. The molecule has 4 nitrogen and oxygen atoms in total. The van der Waals surface area contributed by atoms with Crippen LogP contribution in [0.4, 0.5) is 5.69 Å². The largest absolute Gasteiger partial charge is 0.490 e. The topological polar surface area (TPSA) is 41.6 Å². The van der Waals surface area contributed by atoms with Gasteiger partial charge in [0, 0.05) is 29.3 Å². The van der Waals surface area contributed by atoms with Gasteiger partial charge in [0.2, 0.25) is 0 Å². The number of halogens is 1. The van der Waals surface area contributed by atoms with E-state index in [0.29, 0.717) is 11.6 Å². The zero-order valence-electron chi connectivity index (χ0n) is 17.6. The Morgan fingerprint density at radius 2 is 2.03 bits per heavy atom. The fourth-order valence-electron chi connectivity index (χ4n) is 4.69. The second kappa shape index (κ2) is 7.77. The fourth-order valence-corrected chi connectivity index (χ4v) is 5.16. The Balaban J connectivity index is 1.57. The summed E-state index contributed by atoms with van der Waals surface area (Å²) in [6, 6.07) is 12.4. The summed E-state index contributed by atoms with van der Waals surface area (Å²) >= 11 is 3.51. The maximum Gasteiger partial charge on any atom is 0.255 e. The minimum absolute atomic E-state index is 0.0841. The van der Waals surface area contributed by atoms with Gasteiger partial charge in [-0.2, -0.15) is 0 Å². The molecule has 0 radical (unpaired) electrons. The number of carbonyl (C=O) groups excluding carboxylic acids is 1. The molecule has 0 spiro atoms. The molecule has 2 aromatic carbocycles. The predicted octanol–water partition coefficient (Wildman–Crippen LogP) is 5.92. The molecule has 0 saturated carbocycles. The molecular weight excluding hydrogens is 428 g/mol. The van der Waals surface area contributed by atoms with Gasteiger partial charge in [0.05, 0.1) is 10.6 Å². The van der Waals surface area contributed by atoms with Gasteiger partial charge in [0.15, 0.2) is 0 Å². The van der Waals surface area contributed by atoms with E-state index in [-0.39, 0.29) is 17.4 Å². The number of fused-ring (bicyclic) bond motifs is 3. The monoisotopic (exact) mass is 456 g/mol. The summed E-state index contributed by atoms with van der Waals surface area (Å²) in [4.78, 5) is 15.4. The van der Waals surface area contributed by atoms with Crippen molar-refractivity contribution in [1.82, 2.24) is 4.90 Å². The van der Waals surface area contributed by atoms with Crippen molar-refractivity contribution in [2.45, 2.75) is 58.1 Å². The van der Waals surface area contributed by atoms with Gasteiger partial charge in [-0.25, -0.2) is 0 Å². The van der Waals surface area contributed by atoms with Crippen LogP contribution >= 0.6 is 15.9 Å². The molecule has 1 atom stereocenters. The Hall–Kier alpha value is -1.85. The quantitative estimate of drug-likeness (QED) is 0.620. The van der Waals surface area contributed by atoms with Crippen molar-refractivity contribution in [2.24, 2.45) is 0 Å². The van der Waals surface area contributed by atoms with Gasteiger partial charge < -0.3 is 10.1 Å². The standard InChI is InChI=1S/C24H29BrN2O2/c1-15(2)29-22-10-7-16(12-20(22)25)23(28)26-17-8-9-19-18(13-17)21-6-5-11-27(21)14-24(19,3)4/h7-10,12-13,15,21H,5-6,11,14H2,1-4H3,(H,26,28). The molecule has 4 rings (SSSR count). The summed E-state index contributed by atoms with van der Waals surface area (Å²) in [7, 11) is 0. The van der Waals surface area contributed by atoms with Gasteiger partial charge in [0.1, 0.15) is 5.75 Å². The van der Waals surface area contributed by atoms with Crippen molar-refractivity contribution < 1.29 is 9.53 Å². The molecule has 1 unspecified atom stereocenters. The third-order valence-corrected chi connectivity index (χ3v) is 6.54. The average molecular weight is 457 g/mol. The molecule has 1 fully saturated rings. The number of rotatable bonds is 4. The smallest absolute Gasteiger partial charge is 0.255 e. The van der Waals surface area contributed by atoms with E-state index in [1.54, 1.807) is 6.07 Å². The molecule has 1 saturated heterocycles. The molecular formula is C24H29BrN2O2. The number of nitrogens with one attached hydrogen (secondary N) is 1. The van der Waals surface area contributed by atoms with Crippen molar-refractivity contribution in [3.05, 3.63) is 57.6 Å². The van der Waals surface area contributed by atoms with E-state index in [9.17, 15) is 4.79 Å². The lowest BCUT2D eigenvalue weighted by Gasteiger charge is -2.42. The summed E-state index contributed by atoms with van der Waals surface area (Å²) in [5.74, 6) is 0.633. The van der Waals surface area contributed by atoms with Crippen LogP contribution in [0.25, 0.3) is 0 Å². The molecule has 2 aliphatic rings. The summed E-state index contributed by atoms with van der Waals surface area (Å²) in [5.41, 5.74) is 4.39. The lowest BCUT2D eigenvalue weighted by atomic mass is 9.76. The van der Waals surface area contributed by atoms with Gasteiger partial charge in [-0.05, 0) is 90.6 Å². The normalized spacial score (nSPS) is 20.3. The van der Waals surface area contributed by atoms with Gasteiger partial charge in [0.25, 0.3) is 5.91 Å². The molecule has 2 heterocycles. The molecule has 0 aliphatic carbocycles. The maximum atomic E-state index is 12.8. The van der Waals surface area contributed by atoms with Crippen LogP contribution in [-0.4, -0.2) is 30.0 Å². The van der Waals surface area contributed by atoms with Crippen LogP contribution in [0.5, 0.6) is 5.75 Å². The minimum Gasteiger partial charge on any atom is -0.490 e. The first-order chi connectivity index (χ1) is 13.7. The van der Waals surface area contributed by atoms with Crippen molar-refractivity contribution in [3.63, 3.8) is 0 Å². The van der Waals surface area contributed by atoms with Gasteiger partial charge in [-0.1, -0.05) is 19.9 Å². The third kappa shape index (κ3) is 4.08. The van der Waals surface area contributed by atoms with Crippen LogP contribution in [0.2, 0.25) is 0 Å². The number of benzene rings is 2. The maximum absolute atomic E-state index is 12.8. The van der Waals surface area contributed by atoms with E-state index < -0.39 is 0 Å². The number of carbonyl (C=O) groups is 1. The van der Waals surface area contributed by atoms with E-state index in [1.807, 2.05) is 32.0 Å². The number of nitrogens with zero attached hydrogens (tertiary/aromatic N) is 1. The Morgan fingerprint density at radius 3 is 2.76 bits per heavy atom. The Morgan fingerprint density at radius 1 is 1.24 bits per heavy atom. The summed E-state index contributed by atoms with van der Waals surface area (Å²) in [5, 5.41) is 3.08. The minimum atomic E-state index is -0.111. The van der Waals surface area contributed by atoms with Crippen LogP contribution in [-0.2, 0) is 5.41 Å². The lowest BCUT2D eigenvalue weighted by Crippen LogP contribution is -2.42. The highest BCUT2D eigenvalue weighted by molar-refractivity contribution is 9.10. The Kier molecular flexibility index (Phi) is 5.47. The van der Waals surface area contributed by atoms with E-state index in [4.69, 9.17) is 4.74 Å². The van der Waals surface area contributed by atoms with Crippen molar-refractivity contribution in [2.75, 3.05) is 18.4 Å². The number of anilines is 1. The molecule has 0 aromatic heterocycles. The van der Waals surface area contributed by atoms with Crippen molar-refractivity contribution in [3.8, 4) is 5.75 Å². The van der Waals surface area contributed by atoms with E-state index in [1.165, 1.54) is 30.5 Å². The summed E-state index contributed by atoms with van der Waals surface area (Å²) in [6.07, 6.45) is 2.53. The lowest BCUT2D eigenvalue weighted by molar-refractivity contribution is 0.102. The van der Waals surface area contributed by atoms with Crippen LogP contribution in [0.1, 0.15) is 68.1 Å². The van der Waals surface area contributed by atoms with Crippen LogP contribution in [0.3, 0.4) is 0 Å². The zero-order chi connectivity index (χ0) is 20.8. The second-order valence-electron chi connectivity index (χ2n) is 9.08. The average Bonchev–Trinajstić information content (AvgIpc) is 3.10. The van der Waals surface area contributed by atoms with Crippen LogP contribution in [0.15, 0.2) is 40.9 Å². The fraction of sp³-hybridized carbons (Fsp3) is 0.458. The zero-order valence-corrected chi connectivity index (χ0v) is 19.2. The molecule has 154 valence electrons. The number of hydrogen-bond acceptors (Lipinski definition) is 3. The summed E-state index contributed by atoms with van der Waals surface area (Å²) in [6.45, 7) is 10.9. The third-order valence-electron chi connectivity index (χ3n) is 5.92. The first-order valence-corrected chi connectivity index (χ1v) is 11.2. The molecule has 2 aromatic rings. The Bertz CT molecular complexity index is 938. The van der Waals surface area contributed by atoms with Crippen LogP contribution in [0, 0.1) is 0 Å². The molecule has 1 N–H and O–H groups in total. The van der Waals surface area contributed by atoms with Crippen LogP contribution < -0.4 is 10.1 Å². The molecule has 29 heavy (non-hydrogen) atoms. The van der Waals surface area contributed by atoms with E-state index in [2.05, 4.69) is 52.1 Å². The van der Waals surface area contributed by atoms with Gasteiger partial charge in [-0.15, -0.1) is 0 Å². The molecule has 2 aliphatic heterocycles. The SMILES string of the molecule is CC(C)Oc1ccc(C(=O)Nc2ccc3c(c2)C2CCCN2CC3(C)C)cc1Br. The first kappa shape index (κ1) is 20.4. The van der Waals surface area contributed by atoms with E-state index in [0.717, 1.165) is 22.5 Å². The molecule has 0 bridgehead atoms. The van der Waals surface area contributed by atoms with Gasteiger partial charge >= 0.3 is 0 Å². The van der Waals surface area contributed by atoms with Crippen molar-refractivity contribution >= 4 is 27.5 Å². The highest BCUT2D eigenvalue weighted by atomic mass is 79.9. The van der Waals surface area contributed by atoms with E-state index >= 15 is 0 Å². The molecule has 5 heteroatoms. The first-order valence-electron chi connectivity index (χ1n) is 10.4. The second-order valence-corrected chi connectivity index (χ2v) is 9.93.